The molecule has 0 bridgehead atoms. The zero-order valence-electron chi connectivity index (χ0n) is 19.1. The van der Waals surface area contributed by atoms with Crippen molar-refractivity contribution in [2.75, 3.05) is 14.2 Å². The summed E-state index contributed by atoms with van der Waals surface area (Å²) in [6.07, 6.45) is 0.206. The van der Waals surface area contributed by atoms with E-state index < -0.39 is 0 Å². The van der Waals surface area contributed by atoms with Gasteiger partial charge in [-0.25, -0.2) is 4.98 Å². The van der Waals surface area contributed by atoms with E-state index in [1.807, 2.05) is 55.5 Å². The minimum atomic E-state index is -0.317. The Hall–Kier alpha value is -3.22. The van der Waals surface area contributed by atoms with Crippen LogP contribution in [-0.4, -0.2) is 29.7 Å². The Kier molecular flexibility index (Phi) is 7.29. The van der Waals surface area contributed by atoms with Crippen LogP contribution in [-0.2, 0) is 17.8 Å². The average molecular weight is 498 g/mol. The third-order valence-electron chi connectivity index (χ3n) is 5.59. The number of amides is 1. The second-order valence-electron chi connectivity index (χ2n) is 7.95. The number of benzene rings is 3. The quantitative estimate of drug-likeness (QED) is 0.332. The van der Waals surface area contributed by atoms with Gasteiger partial charge in [-0.1, -0.05) is 47.5 Å². The van der Waals surface area contributed by atoms with Gasteiger partial charge in [-0.15, -0.1) is 0 Å². The van der Waals surface area contributed by atoms with E-state index >= 15 is 0 Å². The zero-order valence-corrected chi connectivity index (χ0v) is 20.7. The van der Waals surface area contributed by atoms with Crippen molar-refractivity contribution in [3.63, 3.8) is 0 Å². The van der Waals surface area contributed by atoms with Crippen LogP contribution in [0.1, 0.15) is 29.9 Å². The van der Waals surface area contributed by atoms with Crippen molar-refractivity contribution < 1.29 is 14.3 Å². The fourth-order valence-corrected chi connectivity index (χ4v) is 4.27. The molecule has 4 aromatic rings. The number of nitrogens with zero attached hydrogens (tertiary/aromatic N) is 2. The molecule has 1 heterocycles. The van der Waals surface area contributed by atoms with E-state index in [-0.39, 0.29) is 18.4 Å². The Balaban J connectivity index is 1.57. The fraction of sp³-hybridized carbons (Fsp3) is 0.231. The van der Waals surface area contributed by atoms with Crippen LogP contribution in [0, 0.1) is 0 Å². The number of rotatable bonds is 8. The molecule has 3 aromatic carbocycles. The van der Waals surface area contributed by atoms with Crippen molar-refractivity contribution in [2.24, 2.45) is 0 Å². The van der Waals surface area contributed by atoms with Gasteiger partial charge >= 0.3 is 0 Å². The van der Waals surface area contributed by atoms with Crippen LogP contribution < -0.4 is 14.8 Å². The molecule has 0 spiro atoms. The minimum Gasteiger partial charge on any atom is -0.493 e. The van der Waals surface area contributed by atoms with Crippen molar-refractivity contribution >= 4 is 40.1 Å². The van der Waals surface area contributed by atoms with E-state index in [0.29, 0.717) is 28.1 Å². The van der Waals surface area contributed by atoms with E-state index in [1.54, 1.807) is 26.4 Å². The molecule has 0 saturated heterocycles. The lowest BCUT2D eigenvalue weighted by molar-refractivity contribution is -0.121. The molecule has 0 aliphatic rings. The first-order valence-corrected chi connectivity index (χ1v) is 11.5. The highest BCUT2D eigenvalue weighted by atomic mass is 35.5. The Labute approximate surface area is 208 Å². The summed E-state index contributed by atoms with van der Waals surface area (Å²) in [4.78, 5) is 17.7. The third kappa shape index (κ3) is 5.13. The maximum atomic E-state index is 12.9. The second-order valence-corrected chi connectivity index (χ2v) is 8.76. The van der Waals surface area contributed by atoms with E-state index in [1.165, 1.54) is 0 Å². The summed E-state index contributed by atoms with van der Waals surface area (Å²) in [6.45, 7) is 2.47. The van der Waals surface area contributed by atoms with Gasteiger partial charge in [-0.2, -0.15) is 0 Å². The SMILES string of the molecule is COc1ccc(CC(=O)NC(C)c2nc3ccccc3n2Cc2ccc(Cl)c(Cl)c2)cc1OC. The lowest BCUT2D eigenvalue weighted by Gasteiger charge is -2.17. The summed E-state index contributed by atoms with van der Waals surface area (Å²) in [5.74, 6) is 1.85. The van der Waals surface area contributed by atoms with E-state index in [2.05, 4.69) is 9.88 Å². The number of carbonyl (C=O) groups is 1. The summed E-state index contributed by atoms with van der Waals surface area (Å²) < 4.78 is 12.7. The maximum Gasteiger partial charge on any atom is 0.224 e. The first-order chi connectivity index (χ1) is 16.4. The molecule has 4 rings (SSSR count). The molecule has 0 fully saturated rings. The minimum absolute atomic E-state index is 0.118. The van der Waals surface area contributed by atoms with Crippen LogP contribution in [0.2, 0.25) is 10.0 Å². The fourth-order valence-electron chi connectivity index (χ4n) is 3.94. The molecule has 1 amide bonds. The van der Waals surface area contributed by atoms with E-state index in [9.17, 15) is 4.79 Å². The number of hydrogen-bond acceptors (Lipinski definition) is 4. The Morgan fingerprint density at radius 2 is 1.71 bits per heavy atom. The maximum absolute atomic E-state index is 12.9. The lowest BCUT2D eigenvalue weighted by atomic mass is 10.1. The summed E-state index contributed by atoms with van der Waals surface area (Å²) >= 11 is 12.3. The van der Waals surface area contributed by atoms with Crippen molar-refractivity contribution in [1.29, 1.82) is 0 Å². The Morgan fingerprint density at radius 1 is 0.971 bits per heavy atom. The molecule has 0 aliphatic heterocycles. The Morgan fingerprint density at radius 3 is 2.44 bits per heavy atom. The highest BCUT2D eigenvalue weighted by molar-refractivity contribution is 6.42. The van der Waals surface area contributed by atoms with Crippen LogP contribution >= 0.6 is 23.2 Å². The van der Waals surface area contributed by atoms with Gasteiger partial charge in [0.25, 0.3) is 0 Å². The van der Waals surface area contributed by atoms with Gasteiger partial charge in [0.1, 0.15) is 5.82 Å². The topological polar surface area (TPSA) is 65.4 Å². The highest BCUT2D eigenvalue weighted by Gasteiger charge is 2.19. The normalized spacial score (nSPS) is 11.9. The molecule has 34 heavy (non-hydrogen) atoms. The molecule has 176 valence electrons. The van der Waals surface area contributed by atoms with Crippen LogP contribution in [0.4, 0.5) is 0 Å². The van der Waals surface area contributed by atoms with Gasteiger partial charge < -0.3 is 19.4 Å². The number of imidazole rings is 1. The number of halogens is 2. The molecule has 8 heteroatoms. The molecular weight excluding hydrogens is 473 g/mol. The summed E-state index contributed by atoms with van der Waals surface area (Å²) in [5, 5.41) is 4.09. The molecule has 1 unspecified atom stereocenters. The second kappa shape index (κ2) is 10.4. The monoisotopic (exact) mass is 497 g/mol. The summed E-state index contributed by atoms with van der Waals surface area (Å²) in [7, 11) is 3.15. The van der Waals surface area contributed by atoms with Crippen LogP contribution in [0.3, 0.4) is 0 Å². The predicted octanol–water partition coefficient (Wildman–Crippen LogP) is 5.83. The number of aromatic nitrogens is 2. The molecule has 6 nitrogen and oxygen atoms in total. The standard InChI is InChI=1S/C26H25Cl2N3O3/c1-16(29-25(32)14-17-9-11-23(33-2)24(13-17)34-3)26-30-21-6-4-5-7-22(21)31(26)15-18-8-10-19(27)20(28)12-18/h4-13,16H,14-15H2,1-3H3,(H,29,32). The lowest BCUT2D eigenvalue weighted by Crippen LogP contribution is -2.30. The van der Waals surface area contributed by atoms with Crippen LogP contribution in [0.25, 0.3) is 11.0 Å². The van der Waals surface area contributed by atoms with E-state index in [0.717, 1.165) is 28.0 Å². The average Bonchev–Trinajstić information content (AvgIpc) is 3.19. The first-order valence-electron chi connectivity index (χ1n) is 10.8. The smallest absolute Gasteiger partial charge is 0.224 e. The van der Waals surface area contributed by atoms with Crippen molar-refractivity contribution in [1.82, 2.24) is 14.9 Å². The highest BCUT2D eigenvalue weighted by Crippen LogP contribution is 2.28. The molecular formula is C26H25Cl2N3O3. The molecule has 0 saturated carbocycles. The number of ether oxygens (including phenoxy) is 2. The first kappa shape index (κ1) is 23.9. The summed E-state index contributed by atoms with van der Waals surface area (Å²) in [6, 6.07) is 18.6. The molecule has 1 N–H and O–H groups in total. The van der Waals surface area contributed by atoms with E-state index in [4.69, 9.17) is 37.7 Å². The largest absolute Gasteiger partial charge is 0.493 e. The van der Waals surface area contributed by atoms with Crippen molar-refractivity contribution in [3.8, 4) is 11.5 Å². The number of carbonyl (C=O) groups excluding carboxylic acids is 1. The van der Waals surface area contributed by atoms with Gasteiger partial charge in [0, 0.05) is 6.54 Å². The number of methoxy groups -OCH3 is 2. The number of para-hydroxylation sites is 2. The van der Waals surface area contributed by atoms with Gasteiger partial charge in [-0.05, 0) is 54.4 Å². The molecule has 1 atom stereocenters. The van der Waals surface area contributed by atoms with Gasteiger partial charge in [-0.3, -0.25) is 4.79 Å². The molecule has 1 aromatic heterocycles. The molecule has 0 aliphatic carbocycles. The predicted molar refractivity (Wildman–Crippen MR) is 135 cm³/mol. The summed E-state index contributed by atoms with van der Waals surface area (Å²) in [5.41, 5.74) is 3.65. The van der Waals surface area contributed by atoms with Gasteiger partial charge in [0.05, 0.1) is 47.8 Å². The third-order valence-corrected chi connectivity index (χ3v) is 6.33. The molecule has 0 radical (unpaired) electrons. The van der Waals surface area contributed by atoms with Gasteiger partial charge in [0.2, 0.25) is 5.91 Å². The van der Waals surface area contributed by atoms with Crippen LogP contribution in [0.15, 0.2) is 60.7 Å². The zero-order chi connectivity index (χ0) is 24.2. The number of nitrogens with one attached hydrogen (secondary N) is 1. The van der Waals surface area contributed by atoms with Gasteiger partial charge in [0.15, 0.2) is 11.5 Å². The van der Waals surface area contributed by atoms with Crippen LogP contribution in [0.5, 0.6) is 11.5 Å². The van der Waals surface area contributed by atoms with Crippen molar-refractivity contribution in [3.05, 3.63) is 87.7 Å². The number of hydrogen-bond donors (Lipinski definition) is 1. The van der Waals surface area contributed by atoms with Crippen molar-refractivity contribution in [2.45, 2.75) is 25.9 Å². The Bertz CT molecular complexity index is 1340. The number of fused-ring (bicyclic) bond motifs is 1.